The molecule has 0 aliphatic carbocycles. The van der Waals surface area contributed by atoms with Gasteiger partial charge in [-0.1, -0.05) is 30.3 Å². The van der Waals surface area contributed by atoms with E-state index in [0.717, 1.165) is 22.3 Å². The Labute approximate surface area is 156 Å². The summed E-state index contributed by atoms with van der Waals surface area (Å²) >= 11 is 0. The Kier molecular flexibility index (Phi) is 4.73. The molecule has 3 aromatic carbocycles. The minimum absolute atomic E-state index is 0.365. The van der Waals surface area contributed by atoms with Crippen molar-refractivity contribution in [3.8, 4) is 28.3 Å². The van der Waals surface area contributed by atoms with E-state index in [-0.39, 0.29) is 0 Å². The molecule has 0 saturated heterocycles. The van der Waals surface area contributed by atoms with Gasteiger partial charge in [0.2, 0.25) is 11.8 Å². The zero-order valence-corrected chi connectivity index (χ0v) is 14.7. The maximum Gasteiger partial charge on any atom is 0.249 e. The van der Waals surface area contributed by atoms with E-state index < -0.39 is 11.8 Å². The van der Waals surface area contributed by atoms with Crippen LogP contribution in [0, 0.1) is 18.3 Å². The highest BCUT2D eigenvalue weighted by Crippen LogP contribution is 2.32. The van der Waals surface area contributed by atoms with E-state index in [0.29, 0.717) is 22.3 Å². The first kappa shape index (κ1) is 17.9. The fourth-order valence-corrected chi connectivity index (χ4v) is 3.03. The predicted molar refractivity (Wildman–Crippen MR) is 104 cm³/mol. The first-order chi connectivity index (χ1) is 12.9. The summed E-state index contributed by atoms with van der Waals surface area (Å²) < 4.78 is 0. The SMILES string of the molecule is Cc1cc(-c2cccc(C#N)c2)c(C(N)=O)cc1-c1ccc(C(N)=O)cc1. The van der Waals surface area contributed by atoms with Crippen LogP contribution >= 0.6 is 0 Å². The van der Waals surface area contributed by atoms with Gasteiger partial charge in [0.05, 0.1) is 11.6 Å². The van der Waals surface area contributed by atoms with Crippen molar-refractivity contribution in [3.63, 3.8) is 0 Å². The van der Waals surface area contributed by atoms with Crippen LogP contribution in [-0.4, -0.2) is 11.8 Å². The molecule has 0 aromatic heterocycles. The molecule has 5 nitrogen and oxygen atoms in total. The number of hydrogen-bond donors (Lipinski definition) is 2. The summed E-state index contributed by atoms with van der Waals surface area (Å²) in [6, 6.07) is 19.6. The lowest BCUT2D eigenvalue weighted by Gasteiger charge is -2.14. The Morgan fingerprint density at radius 2 is 1.56 bits per heavy atom. The number of nitrogens with two attached hydrogens (primary N) is 2. The van der Waals surface area contributed by atoms with Crippen LogP contribution in [0.2, 0.25) is 0 Å². The highest BCUT2D eigenvalue weighted by Gasteiger charge is 2.15. The molecule has 132 valence electrons. The lowest BCUT2D eigenvalue weighted by Crippen LogP contribution is -2.13. The molecule has 5 heteroatoms. The average Bonchev–Trinajstić information content (AvgIpc) is 2.67. The molecule has 0 aliphatic rings. The standard InChI is InChI=1S/C22H17N3O2/c1-13-9-19(17-4-2-3-14(10-17)12-23)20(22(25)27)11-18(13)15-5-7-16(8-6-15)21(24)26/h2-11H,1H3,(H2,24,26)(H2,25,27). The van der Waals surface area contributed by atoms with Crippen molar-refractivity contribution >= 4 is 11.8 Å². The number of primary amides is 2. The summed E-state index contributed by atoms with van der Waals surface area (Å²) in [5.41, 5.74) is 16.2. The molecule has 0 saturated carbocycles. The van der Waals surface area contributed by atoms with Gasteiger partial charge in [-0.05, 0) is 65.1 Å². The minimum atomic E-state index is -0.553. The van der Waals surface area contributed by atoms with Crippen LogP contribution in [0.5, 0.6) is 0 Å². The number of carbonyl (C=O) groups excluding carboxylic acids is 2. The number of amides is 2. The fraction of sp³-hybridized carbons (Fsp3) is 0.0455. The van der Waals surface area contributed by atoms with Crippen LogP contribution in [0.15, 0.2) is 60.7 Å². The molecule has 4 N–H and O–H groups in total. The van der Waals surface area contributed by atoms with Gasteiger partial charge in [0.1, 0.15) is 0 Å². The lowest BCUT2D eigenvalue weighted by molar-refractivity contribution is 0.0992. The predicted octanol–water partition coefficient (Wildman–Crippen LogP) is 3.40. The van der Waals surface area contributed by atoms with Crippen molar-refractivity contribution in [1.29, 1.82) is 5.26 Å². The summed E-state index contributed by atoms with van der Waals surface area (Å²) in [6.45, 7) is 1.93. The molecule has 0 spiro atoms. The molecule has 0 unspecified atom stereocenters. The first-order valence-corrected chi connectivity index (χ1v) is 8.26. The molecule has 27 heavy (non-hydrogen) atoms. The topological polar surface area (TPSA) is 110 Å². The van der Waals surface area contributed by atoms with E-state index in [1.54, 1.807) is 48.5 Å². The smallest absolute Gasteiger partial charge is 0.249 e. The van der Waals surface area contributed by atoms with Crippen LogP contribution in [-0.2, 0) is 0 Å². The van der Waals surface area contributed by atoms with Gasteiger partial charge in [-0.25, -0.2) is 0 Å². The largest absolute Gasteiger partial charge is 0.366 e. The van der Waals surface area contributed by atoms with E-state index in [9.17, 15) is 9.59 Å². The second-order valence-electron chi connectivity index (χ2n) is 6.21. The summed E-state index contributed by atoms with van der Waals surface area (Å²) in [5, 5.41) is 9.12. The third-order valence-electron chi connectivity index (χ3n) is 4.41. The van der Waals surface area contributed by atoms with E-state index in [1.165, 1.54) is 0 Å². The molecule has 0 fully saturated rings. The van der Waals surface area contributed by atoms with Gasteiger partial charge in [-0.3, -0.25) is 9.59 Å². The second kappa shape index (κ2) is 7.14. The molecule has 0 radical (unpaired) electrons. The summed E-state index contributed by atoms with van der Waals surface area (Å²) in [4.78, 5) is 23.3. The van der Waals surface area contributed by atoms with Gasteiger partial charge >= 0.3 is 0 Å². The van der Waals surface area contributed by atoms with E-state index >= 15 is 0 Å². The fourth-order valence-electron chi connectivity index (χ4n) is 3.03. The zero-order chi connectivity index (χ0) is 19.6. The highest BCUT2D eigenvalue weighted by atomic mass is 16.1. The van der Waals surface area contributed by atoms with Gasteiger partial charge in [0.25, 0.3) is 0 Å². The lowest BCUT2D eigenvalue weighted by atomic mass is 9.90. The van der Waals surface area contributed by atoms with Crippen LogP contribution in [0.4, 0.5) is 0 Å². The Bertz CT molecular complexity index is 1090. The zero-order valence-electron chi connectivity index (χ0n) is 14.7. The van der Waals surface area contributed by atoms with E-state index in [1.807, 2.05) is 19.1 Å². The van der Waals surface area contributed by atoms with Crippen molar-refractivity contribution in [2.45, 2.75) is 6.92 Å². The van der Waals surface area contributed by atoms with Gasteiger partial charge < -0.3 is 11.5 Å². The second-order valence-corrected chi connectivity index (χ2v) is 6.21. The normalized spacial score (nSPS) is 10.2. The van der Waals surface area contributed by atoms with Gasteiger partial charge in [0, 0.05) is 11.1 Å². The number of aryl methyl sites for hydroxylation is 1. The van der Waals surface area contributed by atoms with Crippen molar-refractivity contribution in [2.75, 3.05) is 0 Å². The van der Waals surface area contributed by atoms with Crippen LogP contribution < -0.4 is 11.5 Å². The van der Waals surface area contributed by atoms with Crippen LogP contribution in [0.25, 0.3) is 22.3 Å². The van der Waals surface area contributed by atoms with Gasteiger partial charge in [-0.2, -0.15) is 5.26 Å². The number of nitriles is 1. The molecule has 0 heterocycles. The molecular weight excluding hydrogens is 338 g/mol. The average molecular weight is 355 g/mol. The minimum Gasteiger partial charge on any atom is -0.366 e. The third kappa shape index (κ3) is 3.55. The number of rotatable bonds is 4. The van der Waals surface area contributed by atoms with Crippen molar-refractivity contribution in [2.24, 2.45) is 11.5 Å². The number of hydrogen-bond acceptors (Lipinski definition) is 3. The third-order valence-corrected chi connectivity index (χ3v) is 4.41. The molecule has 0 aliphatic heterocycles. The monoisotopic (exact) mass is 355 g/mol. The van der Waals surface area contributed by atoms with Gasteiger partial charge in [0.15, 0.2) is 0 Å². The van der Waals surface area contributed by atoms with E-state index in [2.05, 4.69) is 6.07 Å². The summed E-state index contributed by atoms with van der Waals surface area (Å²) in [5.74, 6) is -1.05. The van der Waals surface area contributed by atoms with Crippen LogP contribution in [0.1, 0.15) is 31.8 Å². The van der Waals surface area contributed by atoms with Crippen molar-refractivity contribution in [1.82, 2.24) is 0 Å². The number of carbonyl (C=O) groups is 2. The Morgan fingerprint density at radius 1 is 0.852 bits per heavy atom. The number of benzene rings is 3. The molecular formula is C22H17N3O2. The Morgan fingerprint density at radius 3 is 2.15 bits per heavy atom. The Hall–Kier alpha value is -3.91. The molecule has 2 amide bonds. The molecule has 3 aromatic rings. The van der Waals surface area contributed by atoms with Crippen LogP contribution in [0.3, 0.4) is 0 Å². The summed E-state index contributed by atoms with van der Waals surface area (Å²) in [7, 11) is 0. The first-order valence-electron chi connectivity index (χ1n) is 8.26. The molecule has 0 atom stereocenters. The highest BCUT2D eigenvalue weighted by molar-refractivity contribution is 6.02. The number of nitrogens with zero attached hydrogens (tertiary/aromatic N) is 1. The maximum atomic E-state index is 12.1. The quantitative estimate of drug-likeness (QED) is 0.748. The Balaban J connectivity index is 2.16. The molecule has 0 bridgehead atoms. The maximum absolute atomic E-state index is 12.1. The van der Waals surface area contributed by atoms with E-state index in [4.69, 9.17) is 16.7 Å². The summed E-state index contributed by atoms with van der Waals surface area (Å²) in [6.07, 6.45) is 0. The molecule has 3 rings (SSSR count). The van der Waals surface area contributed by atoms with Crippen molar-refractivity contribution in [3.05, 3.63) is 82.9 Å². The van der Waals surface area contributed by atoms with Gasteiger partial charge in [-0.15, -0.1) is 0 Å². The van der Waals surface area contributed by atoms with Crippen molar-refractivity contribution < 1.29 is 9.59 Å².